The number of carbonyl (C=O) groups is 1. The summed E-state index contributed by atoms with van der Waals surface area (Å²) in [6.07, 6.45) is 3.51. The van der Waals surface area contributed by atoms with E-state index in [0.29, 0.717) is 11.0 Å². The third kappa shape index (κ3) is 0.941. The Balaban J connectivity index is 2.18. The van der Waals surface area contributed by atoms with Crippen LogP contribution < -0.4 is 10.6 Å². The number of hydrogen-bond donors (Lipinski definition) is 2. The standard InChI is InChI=1S/C8H12N2OS/c1-8(5-3-2-4-5)6(11)9-7(12)10-8/h5H,2-4H2,1H3,(H2,9,10,11,12). The van der Waals surface area contributed by atoms with Crippen LogP contribution in [0.5, 0.6) is 0 Å². The fraction of sp³-hybridized carbons (Fsp3) is 0.750. The van der Waals surface area contributed by atoms with Gasteiger partial charge in [-0.1, -0.05) is 6.42 Å². The molecule has 1 saturated carbocycles. The predicted octanol–water partition coefficient (Wildman–Crippen LogP) is 0.549. The minimum atomic E-state index is -0.421. The Kier molecular flexibility index (Phi) is 1.61. The number of rotatable bonds is 1. The predicted molar refractivity (Wildman–Crippen MR) is 49.6 cm³/mol. The fourth-order valence-electron chi connectivity index (χ4n) is 1.83. The van der Waals surface area contributed by atoms with Crippen LogP contribution in [0.4, 0.5) is 0 Å². The number of nitrogens with one attached hydrogen (secondary N) is 2. The summed E-state index contributed by atoms with van der Waals surface area (Å²) in [5.41, 5.74) is -0.421. The molecule has 1 atom stereocenters. The first-order chi connectivity index (χ1) is 5.63. The Morgan fingerprint density at radius 1 is 1.58 bits per heavy atom. The van der Waals surface area contributed by atoms with Gasteiger partial charge in [-0.3, -0.25) is 4.79 Å². The molecule has 2 rings (SSSR count). The van der Waals surface area contributed by atoms with E-state index >= 15 is 0 Å². The maximum atomic E-state index is 11.5. The topological polar surface area (TPSA) is 41.1 Å². The van der Waals surface area contributed by atoms with Crippen LogP contribution in [-0.4, -0.2) is 16.6 Å². The van der Waals surface area contributed by atoms with Crippen molar-refractivity contribution in [2.45, 2.75) is 31.7 Å². The highest BCUT2D eigenvalue weighted by atomic mass is 32.1. The minimum absolute atomic E-state index is 0.0391. The zero-order valence-electron chi connectivity index (χ0n) is 7.02. The Bertz CT molecular complexity index is 249. The van der Waals surface area contributed by atoms with Crippen molar-refractivity contribution in [1.29, 1.82) is 0 Å². The molecule has 2 fully saturated rings. The van der Waals surface area contributed by atoms with Crippen LogP contribution in [0.25, 0.3) is 0 Å². The maximum Gasteiger partial charge on any atom is 0.251 e. The lowest BCUT2D eigenvalue weighted by Crippen LogP contribution is -2.52. The van der Waals surface area contributed by atoms with Gasteiger partial charge in [0.05, 0.1) is 0 Å². The Hall–Kier alpha value is -0.640. The van der Waals surface area contributed by atoms with E-state index < -0.39 is 5.54 Å². The van der Waals surface area contributed by atoms with Crippen molar-refractivity contribution in [1.82, 2.24) is 10.6 Å². The van der Waals surface area contributed by atoms with Gasteiger partial charge < -0.3 is 10.6 Å². The van der Waals surface area contributed by atoms with E-state index in [9.17, 15) is 4.79 Å². The van der Waals surface area contributed by atoms with Gasteiger partial charge >= 0.3 is 0 Å². The molecule has 4 heteroatoms. The van der Waals surface area contributed by atoms with Crippen molar-refractivity contribution in [2.75, 3.05) is 0 Å². The molecule has 1 saturated heterocycles. The van der Waals surface area contributed by atoms with E-state index in [1.165, 1.54) is 6.42 Å². The summed E-state index contributed by atoms with van der Waals surface area (Å²) in [7, 11) is 0. The largest absolute Gasteiger partial charge is 0.348 e. The van der Waals surface area contributed by atoms with Crippen molar-refractivity contribution >= 4 is 23.2 Å². The van der Waals surface area contributed by atoms with Gasteiger partial charge in [0, 0.05) is 0 Å². The molecule has 12 heavy (non-hydrogen) atoms. The third-order valence-electron chi connectivity index (χ3n) is 2.99. The summed E-state index contributed by atoms with van der Waals surface area (Å²) in [5, 5.41) is 6.17. The van der Waals surface area contributed by atoms with Crippen LogP contribution in [0.15, 0.2) is 0 Å². The summed E-state index contributed by atoms with van der Waals surface area (Å²) in [5.74, 6) is 0.509. The lowest BCUT2D eigenvalue weighted by Gasteiger charge is -2.37. The normalized spacial score (nSPS) is 35.8. The first kappa shape index (κ1) is 7.98. The highest BCUT2D eigenvalue weighted by Gasteiger charge is 2.48. The van der Waals surface area contributed by atoms with Crippen LogP contribution in [0.2, 0.25) is 0 Å². The van der Waals surface area contributed by atoms with Crippen molar-refractivity contribution in [2.24, 2.45) is 5.92 Å². The van der Waals surface area contributed by atoms with Crippen LogP contribution in [-0.2, 0) is 4.79 Å². The molecule has 3 nitrogen and oxygen atoms in total. The molecule has 1 amide bonds. The summed E-state index contributed by atoms with van der Waals surface area (Å²) in [6, 6.07) is 0. The van der Waals surface area contributed by atoms with Crippen molar-refractivity contribution in [3.05, 3.63) is 0 Å². The molecular formula is C8H12N2OS. The Morgan fingerprint density at radius 2 is 2.25 bits per heavy atom. The number of carbonyl (C=O) groups excluding carboxylic acids is 1. The molecule has 1 heterocycles. The monoisotopic (exact) mass is 184 g/mol. The highest BCUT2D eigenvalue weighted by molar-refractivity contribution is 7.80. The molecule has 1 aliphatic carbocycles. The first-order valence-corrected chi connectivity index (χ1v) is 4.67. The molecule has 1 aliphatic heterocycles. The second kappa shape index (κ2) is 2.42. The zero-order valence-corrected chi connectivity index (χ0v) is 7.83. The summed E-state index contributed by atoms with van der Waals surface area (Å²) in [6.45, 7) is 1.94. The molecule has 1 unspecified atom stereocenters. The molecule has 0 aromatic carbocycles. The average molecular weight is 184 g/mol. The van der Waals surface area contributed by atoms with E-state index in [4.69, 9.17) is 12.2 Å². The number of thiocarbonyl (C=S) groups is 1. The summed E-state index contributed by atoms with van der Waals surface area (Å²) in [4.78, 5) is 11.5. The number of amides is 1. The molecule has 66 valence electrons. The molecule has 2 N–H and O–H groups in total. The van der Waals surface area contributed by atoms with Crippen LogP contribution in [0.3, 0.4) is 0 Å². The molecule has 0 aromatic heterocycles. The van der Waals surface area contributed by atoms with E-state index in [1.54, 1.807) is 0 Å². The minimum Gasteiger partial charge on any atom is -0.348 e. The van der Waals surface area contributed by atoms with Gasteiger partial charge in [0.15, 0.2) is 5.11 Å². The zero-order chi connectivity index (χ0) is 8.77. The molecule has 0 radical (unpaired) electrons. The third-order valence-corrected chi connectivity index (χ3v) is 3.20. The second-order valence-corrected chi connectivity index (χ2v) is 4.15. The smallest absolute Gasteiger partial charge is 0.251 e. The SMILES string of the molecule is CC1(C2CCC2)NC(=S)NC1=O. The van der Waals surface area contributed by atoms with Gasteiger partial charge in [0.25, 0.3) is 5.91 Å². The van der Waals surface area contributed by atoms with E-state index in [-0.39, 0.29) is 5.91 Å². The van der Waals surface area contributed by atoms with Crippen molar-refractivity contribution < 1.29 is 4.79 Å². The quantitative estimate of drug-likeness (QED) is 0.585. The molecule has 0 aromatic rings. The van der Waals surface area contributed by atoms with Gasteiger partial charge in [-0.25, -0.2) is 0 Å². The molecule has 2 aliphatic rings. The second-order valence-electron chi connectivity index (χ2n) is 3.74. The van der Waals surface area contributed by atoms with E-state index in [2.05, 4.69) is 10.6 Å². The van der Waals surface area contributed by atoms with Gasteiger partial charge in [-0.05, 0) is 37.9 Å². The van der Waals surface area contributed by atoms with Gasteiger partial charge in [0.1, 0.15) is 5.54 Å². The fourth-order valence-corrected chi connectivity index (χ4v) is 2.13. The molecular weight excluding hydrogens is 172 g/mol. The summed E-state index contributed by atoms with van der Waals surface area (Å²) >= 11 is 4.89. The van der Waals surface area contributed by atoms with Gasteiger partial charge in [-0.2, -0.15) is 0 Å². The molecule has 0 bridgehead atoms. The summed E-state index contributed by atoms with van der Waals surface area (Å²) < 4.78 is 0. The Morgan fingerprint density at radius 3 is 2.58 bits per heavy atom. The van der Waals surface area contributed by atoms with Crippen LogP contribution >= 0.6 is 12.2 Å². The first-order valence-electron chi connectivity index (χ1n) is 4.26. The highest BCUT2D eigenvalue weighted by Crippen LogP contribution is 2.37. The van der Waals surface area contributed by atoms with E-state index in [1.807, 2.05) is 6.92 Å². The molecule has 0 spiro atoms. The van der Waals surface area contributed by atoms with Gasteiger partial charge in [-0.15, -0.1) is 0 Å². The lowest BCUT2D eigenvalue weighted by atomic mass is 9.72. The van der Waals surface area contributed by atoms with Crippen LogP contribution in [0.1, 0.15) is 26.2 Å². The van der Waals surface area contributed by atoms with Crippen molar-refractivity contribution in [3.8, 4) is 0 Å². The van der Waals surface area contributed by atoms with Gasteiger partial charge in [0.2, 0.25) is 0 Å². The lowest BCUT2D eigenvalue weighted by molar-refractivity contribution is -0.126. The average Bonchev–Trinajstić information content (AvgIpc) is 2.02. The van der Waals surface area contributed by atoms with Crippen LogP contribution in [0, 0.1) is 5.92 Å². The number of hydrogen-bond acceptors (Lipinski definition) is 2. The van der Waals surface area contributed by atoms with Crippen molar-refractivity contribution in [3.63, 3.8) is 0 Å². The maximum absolute atomic E-state index is 11.5. The Labute approximate surface area is 76.9 Å². The van der Waals surface area contributed by atoms with E-state index in [0.717, 1.165) is 12.8 Å².